The number of hydrogen-bond donors (Lipinski definition) is 2. The fourth-order valence-electron chi connectivity index (χ4n) is 3.55. The van der Waals surface area contributed by atoms with E-state index in [1.165, 1.54) is 25.7 Å². The van der Waals surface area contributed by atoms with Gasteiger partial charge in [0.25, 0.3) is 0 Å². The minimum Gasteiger partial charge on any atom is -0.481 e. The van der Waals surface area contributed by atoms with Gasteiger partial charge in [-0.15, -0.1) is 0 Å². The van der Waals surface area contributed by atoms with Gasteiger partial charge in [0, 0.05) is 19.6 Å². The molecule has 1 saturated heterocycles. The number of rotatable bonds is 5. The number of carbonyl (C=O) groups excluding carboxylic acids is 1. The van der Waals surface area contributed by atoms with Crippen LogP contribution in [-0.2, 0) is 4.79 Å². The molecule has 2 rings (SSSR count). The van der Waals surface area contributed by atoms with Crippen LogP contribution < -0.4 is 5.32 Å². The smallest absolute Gasteiger partial charge is 0.394 e. The second kappa shape index (κ2) is 7.40. The zero-order chi connectivity index (χ0) is 17.0. The first-order chi connectivity index (χ1) is 10.8. The van der Waals surface area contributed by atoms with E-state index in [0.29, 0.717) is 12.5 Å². The molecule has 5 nitrogen and oxygen atoms in total. The van der Waals surface area contributed by atoms with E-state index in [4.69, 9.17) is 5.11 Å². The number of carboxylic acids is 1. The summed E-state index contributed by atoms with van der Waals surface area (Å²) in [4.78, 5) is 23.9. The van der Waals surface area contributed by atoms with Gasteiger partial charge in [-0.05, 0) is 18.8 Å². The third-order valence-corrected chi connectivity index (χ3v) is 4.88. The first-order valence-corrected chi connectivity index (χ1v) is 8.11. The van der Waals surface area contributed by atoms with Gasteiger partial charge in [0.1, 0.15) is 0 Å². The van der Waals surface area contributed by atoms with Crippen molar-refractivity contribution in [2.75, 3.05) is 19.6 Å². The highest BCUT2D eigenvalue weighted by Crippen LogP contribution is 2.37. The number of carboxylic acid groups (broad SMARTS) is 1. The maximum absolute atomic E-state index is 12.9. The zero-order valence-electron chi connectivity index (χ0n) is 12.9. The van der Waals surface area contributed by atoms with E-state index in [1.54, 1.807) is 0 Å². The molecule has 2 aliphatic rings. The standard InChI is InChI=1S/C15H23F3N2O3/c16-15(17,18)12-9-20(8-11(12)13(21)22)14(23)19-7-3-6-10-4-1-2-5-10/h10-12H,1-9H2,(H,19,23)(H,21,22)/t11-,12-/m1/s1. The molecular weight excluding hydrogens is 313 g/mol. The Kier molecular flexibility index (Phi) is 5.75. The average molecular weight is 336 g/mol. The van der Waals surface area contributed by atoms with Crippen LogP contribution in [0.15, 0.2) is 0 Å². The van der Waals surface area contributed by atoms with Crippen LogP contribution in [0, 0.1) is 17.8 Å². The lowest BCUT2D eigenvalue weighted by atomic mass is 9.96. The average Bonchev–Trinajstić information content (AvgIpc) is 3.11. The molecule has 1 aliphatic carbocycles. The van der Waals surface area contributed by atoms with E-state index in [0.717, 1.165) is 17.7 Å². The van der Waals surface area contributed by atoms with Crippen LogP contribution in [0.25, 0.3) is 0 Å². The van der Waals surface area contributed by atoms with Gasteiger partial charge in [0.15, 0.2) is 0 Å². The van der Waals surface area contributed by atoms with Crippen molar-refractivity contribution in [1.82, 2.24) is 10.2 Å². The van der Waals surface area contributed by atoms with Crippen LogP contribution in [0.4, 0.5) is 18.0 Å². The lowest BCUT2D eigenvalue weighted by Gasteiger charge is -2.19. The van der Waals surface area contributed by atoms with Crippen LogP contribution in [0.3, 0.4) is 0 Å². The number of aliphatic carboxylic acids is 1. The molecule has 1 heterocycles. The van der Waals surface area contributed by atoms with Crippen molar-refractivity contribution in [2.45, 2.75) is 44.7 Å². The Labute approximate surface area is 133 Å². The summed E-state index contributed by atoms with van der Waals surface area (Å²) in [6.07, 6.45) is 2.14. The Hall–Kier alpha value is -1.47. The quantitative estimate of drug-likeness (QED) is 0.759. The number of nitrogens with one attached hydrogen (secondary N) is 1. The minimum atomic E-state index is -4.61. The van der Waals surface area contributed by atoms with E-state index in [2.05, 4.69) is 5.32 Å². The van der Waals surface area contributed by atoms with Crippen LogP contribution in [0.5, 0.6) is 0 Å². The Morgan fingerprint density at radius 1 is 1.17 bits per heavy atom. The first-order valence-electron chi connectivity index (χ1n) is 8.11. The highest BCUT2D eigenvalue weighted by Gasteiger charge is 2.53. The largest absolute Gasteiger partial charge is 0.481 e. The van der Waals surface area contributed by atoms with Crippen molar-refractivity contribution in [2.24, 2.45) is 17.8 Å². The van der Waals surface area contributed by atoms with Gasteiger partial charge in [-0.2, -0.15) is 13.2 Å². The van der Waals surface area contributed by atoms with Crippen molar-refractivity contribution in [1.29, 1.82) is 0 Å². The van der Waals surface area contributed by atoms with E-state index in [-0.39, 0.29) is 0 Å². The Morgan fingerprint density at radius 3 is 2.35 bits per heavy atom. The molecule has 2 fully saturated rings. The second-order valence-electron chi connectivity index (χ2n) is 6.52. The predicted molar refractivity (Wildman–Crippen MR) is 76.8 cm³/mol. The summed E-state index contributed by atoms with van der Waals surface area (Å²) in [7, 11) is 0. The molecule has 0 radical (unpaired) electrons. The van der Waals surface area contributed by atoms with Gasteiger partial charge in [-0.1, -0.05) is 25.7 Å². The summed E-state index contributed by atoms with van der Waals surface area (Å²) >= 11 is 0. The van der Waals surface area contributed by atoms with Gasteiger partial charge in [-0.3, -0.25) is 4.79 Å². The van der Waals surface area contributed by atoms with Gasteiger partial charge < -0.3 is 15.3 Å². The van der Waals surface area contributed by atoms with E-state index in [9.17, 15) is 22.8 Å². The first kappa shape index (κ1) is 17.9. The number of amides is 2. The lowest BCUT2D eigenvalue weighted by Crippen LogP contribution is -2.40. The maximum atomic E-state index is 12.9. The third-order valence-electron chi connectivity index (χ3n) is 4.88. The molecule has 0 unspecified atom stereocenters. The molecule has 0 bridgehead atoms. The molecule has 0 spiro atoms. The van der Waals surface area contributed by atoms with Crippen molar-refractivity contribution >= 4 is 12.0 Å². The molecule has 1 aliphatic heterocycles. The summed E-state index contributed by atoms with van der Waals surface area (Å²) in [5.74, 6) is -4.39. The molecule has 0 aromatic carbocycles. The summed E-state index contributed by atoms with van der Waals surface area (Å²) in [5, 5.41) is 11.5. The number of nitrogens with zero attached hydrogens (tertiary/aromatic N) is 1. The van der Waals surface area contributed by atoms with Gasteiger partial charge in [0.05, 0.1) is 11.8 Å². The highest BCUT2D eigenvalue weighted by atomic mass is 19.4. The summed E-state index contributed by atoms with van der Waals surface area (Å²) in [5.41, 5.74) is 0. The molecule has 132 valence electrons. The number of alkyl halides is 3. The SMILES string of the molecule is O=C(O)[C@@H]1CN(C(=O)NCCCC2CCCC2)C[C@H]1C(F)(F)F. The molecule has 2 atom stereocenters. The normalized spacial score (nSPS) is 25.8. The van der Waals surface area contributed by atoms with E-state index in [1.807, 2.05) is 0 Å². The van der Waals surface area contributed by atoms with Crippen molar-refractivity contribution in [3.8, 4) is 0 Å². The number of hydrogen-bond acceptors (Lipinski definition) is 2. The number of carbonyl (C=O) groups is 2. The second-order valence-corrected chi connectivity index (χ2v) is 6.52. The summed E-state index contributed by atoms with van der Waals surface area (Å²) < 4.78 is 38.6. The number of halogens is 3. The molecule has 8 heteroatoms. The zero-order valence-corrected chi connectivity index (χ0v) is 12.9. The summed E-state index contributed by atoms with van der Waals surface area (Å²) in [6.45, 7) is -0.566. The molecule has 2 amide bonds. The fraction of sp³-hybridized carbons (Fsp3) is 0.867. The minimum absolute atomic E-state index is 0.395. The molecule has 23 heavy (non-hydrogen) atoms. The maximum Gasteiger partial charge on any atom is 0.394 e. The monoisotopic (exact) mass is 336 g/mol. The molecule has 0 aromatic heterocycles. The number of likely N-dealkylation sites (tertiary alicyclic amines) is 1. The Bertz CT molecular complexity index is 436. The molecule has 1 saturated carbocycles. The fourth-order valence-corrected chi connectivity index (χ4v) is 3.55. The van der Waals surface area contributed by atoms with Crippen molar-refractivity contribution < 1.29 is 27.9 Å². The van der Waals surface area contributed by atoms with Gasteiger partial charge in [-0.25, -0.2) is 4.79 Å². The van der Waals surface area contributed by atoms with Crippen LogP contribution >= 0.6 is 0 Å². The number of urea groups is 1. The third kappa shape index (κ3) is 4.75. The summed E-state index contributed by atoms with van der Waals surface area (Å²) in [6, 6.07) is -0.602. The molecule has 0 aromatic rings. The Balaban J connectivity index is 1.77. The lowest BCUT2D eigenvalue weighted by molar-refractivity contribution is -0.187. The molecular formula is C15H23F3N2O3. The van der Waals surface area contributed by atoms with Crippen LogP contribution in [-0.4, -0.2) is 47.8 Å². The van der Waals surface area contributed by atoms with Crippen LogP contribution in [0.1, 0.15) is 38.5 Å². The van der Waals surface area contributed by atoms with Gasteiger partial charge in [0.2, 0.25) is 0 Å². The molecule has 2 N–H and O–H groups in total. The predicted octanol–water partition coefficient (Wildman–Crippen LogP) is 2.86. The van der Waals surface area contributed by atoms with Gasteiger partial charge >= 0.3 is 18.2 Å². The Morgan fingerprint density at radius 2 is 1.83 bits per heavy atom. The van der Waals surface area contributed by atoms with Crippen molar-refractivity contribution in [3.05, 3.63) is 0 Å². The topological polar surface area (TPSA) is 69.6 Å². The highest BCUT2D eigenvalue weighted by molar-refractivity contribution is 5.77. The van der Waals surface area contributed by atoms with E-state index >= 15 is 0 Å². The van der Waals surface area contributed by atoms with Crippen LogP contribution in [0.2, 0.25) is 0 Å². The van der Waals surface area contributed by atoms with E-state index < -0.39 is 43.1 Å². The van der Waals surface area contributed by atoms with Crippen molar-refractivity contribution in [3.63, 3.8) is 0 Å².